The first kappa shape index (κ1) is 16.3. The van der Waals surface area contributed by atoms with Crippen molar-refractivity contribution in [2.24, 2.45) is 0 Å². The average molecular weight is 285 g/mol. The summed E-state index contributed by atoms with van der Waals surface area (Å²) >= 11 is 0. The first-order valence-corrected chi connectivity index (χ1v) is 6.98. The summed E-state index contributed by atoms with van der Waals surface area (Å²) in [4.78, 5) is 37.7. The molecule has 1 aliphatic heterocycles. The molecule has 0 aromatic rings. The van der Waals surface area contributed by atoms with Gasteiger partial charge in [0.15, 0.2) is 0 Å². The van der Waals surface area contributed by atoms with Crippen molar-refractivity contribution in [3.8, 4) is 0 Å². The monoisotopic (exact) mass is 285 g/mol. The maximum absolute atomic E-state index is 11.9. The molecule has 0 spiro atoms. The minimum atomic E-state index is -1.06. The molecule has 1 aliphatic rings. The number of rotatable bonds is 6. The minimum Gasteiger partial charge on any atom is -0.480 e. The Morgan fingerprint density at radius 2 is 1.90 bits per heavy atom. The fourth-order valence-electron chi connectivity index (χ4n) is 2.15. The number of carbonyl (C=O) groups excluding carboxylic acids is 2. The van der Waals surface area contributed by atoms with Crippen molar-refractivity contribution >= 4 is 17.9 Å². The van der Waals surface area contributed by atoms with Crippen molar-refractivity contribution in [1.29, 1.82) is 0 Å². The molecule has 0 aromatic carbocycles. The van der Waals surface area contributed by atoms with Crippen LogP contribution in [0.2, 0.25) is 0 Å². The number of carboxylic acids is 1. The van der Waals surface area contributed by atoms with Crippen molar-refractivity contribution in [1.82, 2.24) is 15.1 Å². The molecule has 0 saturated carbocycles. The van der Waals surface area contributed by atoms with Crippen molar-refractivity contribution in [3.05, 3.63) is 0 Å². The summed E-state index contributed by atoms with van der Waals surface area (Å²) in [6, 6.07) is -1.43. The number of hydrogen-bond acceptors (Lipinski definition) is 3. The Labute approximate surface area is 118 Å². The Kier molecular flexibility index (Phi) is 6.27. The van der Waals surface area contributed by atoms with Crippen LogP contribution in [-0.4, -0.2) is 65.5 Å². The van der Waals surface area contributed by atoms with Crippen molar-refractivity contribution in [2.75, 3.05) is 26.7 Å². The Hall–Kier alpha value is -1.79. The van der Waals surface area contributed by atoms with E-state index in [0.29, 0.717) is 12.8 Å². The lowest BCUT2D eigenvalue weighted by molar-refractivity contribution is -0.139. The zero-order chi connectivity index (χ0) is 15.1. The third-order valence-electron chi connectivity index (χ3n) is 3.35. The molecule has 0 aliphatic carbocycles. The van der Waals surface area contributed by atoms with E-state index >= 15 is 0 Å². The van der Waals surface area contributed by atoms with Crippen LogP contribution >= 0.6 is 0 Å². The lowest BCUT2D eigenvalue weighted by Crippen LogP contribution is -2.49. The molecule has 7 heteroatoms. The van der Waals surface area contributed by atoms with Gasteiger partial charge in [0.1, 0.15) is 12.6 Å². The van der Waals surface area contributed by atoms with E-state index in [-0.39, 0.29) is 12.5 Å². The molecule has 1 fully saturated rings. The number of nitrogens with zero attached hydrogens (tertiary/aromatic N) is 2. The summed E-state index contributed by atoms with van der Waals surface area (Å²) in [5.41, 5.74) is 0. The van der Waals surface area contributed by atoms with Gasteiger partial charge in [0.2, 0.25) is 5.91 Å². The molecule has 0 bridgehead atoms. The average Bonchev–Trinajstić information content (AvgIpc) is 2.91. The molecule has 0 radical (unpaired) electrons. The highest BCUT2D eigenvalue weighted by atomic mass is 16.4. The predicted molar refractivity (Wildman–Crippen MR) is 73.3 cm³/mol. The van der Waals surface area contributed by atoms with Crippen LogP contribution < -0.4 is 5.32 Å². The molecule has 20 heavy (non-hydrogen) atoms. The molecule has 1 rings (SSSR count). The number of likely N-dealkylation sites (tertiary alicyclic amines) is 1. The van der Waals surface area contributed by atoms with Crippen LogP contribution in [-0.2, 0) is 9.59 Å². The molecular weight excluding hydrogens is 262 g/mol. The lowest BCUT2D eigenvalue weighted by Gasteiger charge is -2.23. The molecule has 0 aromatic heterocycles. The Morgan fingerprint density at radius 1 is 1.30 bits per heavy atom. The van der Waals surface area contributed by atoms with Crippen molar-refractivity contribution in [2.45, 2.75) is 38.6 Å². The lowest BCUT2D eigenvalue weighted by atomic mass is 10.2. The maximum atomic E-state index is 11.9. The summed E-state index contributed by atoms with van der Waals surface area (Å²) in [7, 11) is 1.49. The van der Waals surface area contributed by atoms with Crippen LogP contribution in [0, 0.1) is 0 Å². The maximum Gasteiger partial charge on any atom is 0.326 e. The second-order valence-corrected chi connectivity index (χ2v) is 5.07. The fraction of sp³-hybridized carbons (Fsp3) is 0.769. The van der Waals surface area contributed by atoms with Crippen LogP contribution in [0.25, 0.3) is 0 Å². The highest BCUT2D eigenvalue weighted by molar-refractivity contribution is 5.86. The van der Waals surface area contributed by atoms with Crippen LogP contribution in [0.4, 0.5) is 4.79 Å². The standard InChI is InChI=1S/C13H23N3O4/c1-3-6-10(12(18)19)14-13(20)15(2)9-11(17)16-7-4-5-8-16/h10H,3-9H2,1-2H3,(H,14,20)(H,18,19)/t10-/m0/s1. The molecule has 3 amide bonds. The number of carboxylic acid groups (broad SMARTS) is 1. The number of carbonyl (C=O) groups is 3. The number of nitrogens with one attached hydrogen (secondary N) is 1. The molecule has 7 nitrogen and oxygen atoms in total. The van der Waals surface area contributed by atoms with Crippen LogP contribution in [0.5, 0.6) is 0 Å². The Balaban J connectivity index is 2.44. The molecule has 114 valence electrons. The van der Waals surface area contributed by atoms with Gasteiger partial charge in [-0.3, -0.25) is 4.79 Å². The number of urea groups is 1. The third-order valence-corrected chi connectivity index (χ3v) is 3.35. The van der Waals surface area contributed by atoms with E-state index in [1.807, 2.05) is 6.92 Å². The van der Waals surface area contributed by atoms with Crippen LogP contribution in [0.1, 0.15) is 32.6 Å². The number of hydrogen-bond donors (Lipinski definition) is 2. The van der Waals surface area contributed by atoms with E-state index in [9.17, 15) is 14.4 Å². The summed E-state index contributed by atoms with van der Waals surface area (Å²) in [5.74, 6) is -1.15. The Bertz CT molecular complexity index is 367. The van der Waals surface area contributed by atoms with Gasteiger partial charge in [-0.15, -0.1) is 0 Å². The van der Waals surface area contributed by atoms with E-state index in [4.69, 9.17) is 5.11 Å². The molecule has 1 atom stereocenters. The van der Waals surface area contributed by atoms with Crippen LogP contribution in [0.3, 0.4) is 0 Å². The largest absolute Gasteiger partial charge is 0.480 e. The van der Waals surface area contributed by atoms with Crippen LogP contribution in [0.15, 0.2) is 0 Å². The van der Waals surface area contributed by atoms with Gasteiger partial charge in [-0.2, -0.15) is 0 Å². The molecule has 1 saturated heterocycles. The van der Waals surface area contributed by atoms with Gasteiger partial charge in [-0.1, -0.05) is 13.3 Å². The Morgan fingerprint density at radius 3 is 2.40 bits per heavy atom. The van der Waals surface area contributed by atoms with Gasteiger partial charge < -0.3 is 20.2 Å². The van der Waals surface area contributed by atoms with E-state index < -0.39 is 18.0 Å². The quantitative estimate of drug-likeness (QED) is 0.743. The number of aliphatic carboxylic acids is 1. The predicted octanol–water partition coefficient (Wildman–Crippen LogP) is 0.504. The highest BCUT2D eigenvalue weighted by Gasteiger charge is 2.24. The van der Waals surface area contributed by atoms with Gasteiger partial charge >= 0.3 is 12.0 Å². The summed E-state index contributed by atoms with van der Waals surface area (Å²) < 4.78 is 0. The normalized spacial score (nSPS) is 15.8. The third kappa shape index (κ3) is 4.71. The highest BCUT2D eigenvalue weighted by Crippen LogP contribution is 2.08. The van der Waals surface area contributed by atoms with E-state index in [1.165, 1.54) is 11.9 Å². The van der Waals surface area contributed by atoms with Gasteiger partial charge in [-0.05, 0) is 19.3 Å². The van der Waals surface area contributed by atoms with Crippen molar-refractivity contribution in [3.63, 3.8) is 0 Å². The summed E-state index contributed by atoms with van der Waals surface area (Å²) in [6.45, 7) is 3.30. The van der Waals surface area contributed by atoms with Crippen molar-refractivity contribution < 1.29 is 19.5 Å². The summed E-state index contributed by atoms with van der Waals surface area (Å²) in [6.07, 6.45) is 3.03. The zero-order valence-electron chi connectivity index (χ0n) is 12.1. The van der Waals surface area contributed by atoms with E-state index in [1.54, 1.807) is 4.90 Å². The SMILES string of the molecule is CCC[C@H](NC(=O)N(C)CC(=O)N1CCCC1)C(=O)O. The smallest absolute Gasteiger partial charge is 0.326 e. The second kappa shape index (κ2) is 7.72. The molecule has 2 N–H and O–H groups in total. The number of likely N-dealkylation sites (N-methyl/N-ethyl adjacent to an activating group) is 1. The van der Waals surface area contributed by atoms with Gasteiger partial charge in [0, 0.05) is 20.1 Å². The molecular formula is C13H23N3O4. The summed E-state index contributed by atoms with van der Waals surface area (Å²) in [5, 5.41) is 11.4. The second-order valence-electron chi connectivity index (χ2n) is 5.07. The topological polar surface area (TPSA) is 90.0 Å². The first-order chi connectivity index (χ1) is 9.45. The van der Waals surface area contributed by atoms with Gasteiger partial charge in [0.25, 0.3) is 0 Å². The first-order valence-electron chi connectivity index (χ1n) is 6.98. The zero-order valence-corrected chi connectivity index (χ0v) is 12.1. The van der Waals surface area contributed by atoms with Gasteiger partial charge in [-0.25, -0.2) is 9.59 Å². The van der Waals surface area contributed by atoms with Gasteiger partial charge in [0.05, 0.1) is 0 Å². The minimum absolute atomic E-state index is 0.0235. The fourth-order valence-corrected chi connectivity index (χ4v) is 2.15. The van der Waals surface area contributed by atoms with E-state index in [0.717, 1.165) is 25.9 Å². The van der Waals surface area contributed by atoms with E-state index in [2.05, 4.69) is 5.32 Å². The molecule has 0 unspecified atom stereocenters. The number of amides is 3. The molecule has 1 heterocycles.